The maximum atomic E-state index is 12.0. The quantitative estimate of drug-likeness (QED) is 0.831. The number of hydrogen-bond acceptors (Lipinski definition) is 4. The smallest absolute Gasteiger partial charge is 0.241 e. The van der Waals surface area contributed by atoms with Crippen LogP contribution in [-0.4, -0.2) is 46.3 Å². The van der Waals surface area contributed by atoms with E-state index in [4.69, 9.17) is 5.73 Å². The fourth-order valence-corrected chi connectivity index (χ4v) is 2.72. The summed E-state index contributed by atoms with van der Waals surface area (Å²) in [4.78, 5) is 14.4. The van der Waals surface area contributed by atoms with Crippen molar-refractivity contribution in [3.8, 4) is 0 Å². The number of nitrogens with zero attached hydrogens (tertiary/aromatic N) is 3. The van der Waals surface area contributed by atoms with Crippen LogP contribution in [0.5, 0.6) is 0 Å². The van der Waals surface area contributed by atoms with Gasteiger partial charge in [-0.1, -0.05) is 0 Å². The molecule has 0 radical (unpaired) electrons. The fourth-order valence-electron chi connectivity index (χ4n) is 2.72. The molecule has 3 N–H and O–H groups in total. The molecule has 6 nitrogen and oxygen atoms in total. The van der Waals surface area contributed by atoms with Crippen molar-refractivity contribution in [3.63, 3.8) is 0 Å². The number of amides is 1. The Balaban J connectivity index is 1.83. The molecule has 2 heterocycles. The van der Waals surface area contributed by atoms with Crippen LogP contribution in [0.15, 0.2) is 0 Å². The molecular weight excluding hydrogens is 254 g/mol. The largest absolute Gasteiger partial charge is 0.396 e. The van der Waals surface area contributed by atoms with Crippen molar-refractivity contribution < 1.29 is 4.79 Å². The number of likely N-dealkylation sites (tertiary alicyclic amines) is 1. The molecule has 1 saturated heterocycles. The number of carbonyl (C=O) groups excluding carboxylic acids is 1. The number of nitrogen functional groups attached to an aromatic ring is 1. The molecule has 1 aliphatic heterocycles. The van der Waals surface area contributed by atoms with E-state index >= 15 is 0 Å². The third-order valence-corrected chi connectivity index (χ3v) is 3.87. The van der Waals surface area contributed by atoms with Crippen molar-refractivity contribution in [2.24, 2.45) is 0 Å². The maximum Gasteiger partial charge on any atom is 0.241 e. The minimum absolute atomic E-state index is 0.0118. The zero-order valence-electron chi connectivity index (χ0n) is 12.6. The van der Waals surface area contributed by atoms with E-state index in [0.717, 1.165) is 31.0 Å². The molecule has 0 aromatic carbocycles. The van der Waals surface area contributed by atoms with Crippen LogP contribution in [0.4, 0.5) is 5.69 Å². The molecule has 20 heavy (non-hydrogen) atoms. The summed E-state index contributed by atoms with van der Waals surface area (Å²) >= 11 is 0. The van der Waals surface area contributed by atoms with Crippen LogP contribution in [0.3, 0.4) is 0 Å². The van der Waals surface area contributed by atoms with E-state index in [9.17, 15) is 4.79 Å². The van der Waals surface area contributed by atoms with Gasteiger partial charge in [-0.3, -0.25) is 9.48 Å². The minimum atomic E-state index is -0.0118. The number of nitrogens with two attached hydrogens (primary N) is 1. The molecule has 1 aromatic rings. The number of anilines is 1. The fraction of sp³-hybridized carbons (Fsp3) is 0.714. The van der Waals surface area contributed by atoms with Gasteiger partial charge in [0.05, 0.1) is 17.1 Å². The molecule has 0 bridgehead atoms. The lowest BCUT2D eigenvalue weighted by molar-refractivity contribution is -0.122. The van der Waals surface area contributed by atoms with E-state index < -0.39 is 0 Å². The Morgan fingerprint density at radius 2 is 2.05 bits per heavy atom. The second kappa shape index (κ2) is 6.26. The van der Waals surface area contributed by atoms with Gasteiger partial charge in [0.15, 0.2) is 0 Å². The van der Waals surface area contributed by atoms with Crippen molar-refractivity contribution in [2.75, 3.05) is 25.4 Å². The van der Waals surface area contributed by atoms with Gasteiger partial charge in [0.2, 0.25) is 5.91 Å². The third kappa shape index (κ3) is 3.50. The molecule has 0 saturated carbocycles. The Hall–Kier alpha value is -1.56. The molecular formula is C14H25N5O. The van der Waals surface area contributed by atoms with Crippen molar-refractivity contribution in [2.45, 2.75) is 46.2 Å². The van der Waals surface area contributed by atoms with Gasteiger partial charge in [-0.05, 0) is 46.7 Å². The first-order chi connectivity index (χ1) is 9.47. The standard InChI is InChI=1S/C14H25N5O/c1-10(8-18-6-4-5-7-18)16-13(20)9-19-12(3)14(15)11(2)17-19/h10H,4-9,15H2,1-3H3,(H,16,20). The number of rotatable bonds is 5. The second-order valence-corrected chi connectivity index (χ2v) is 5.72. The van der Waals surface area contributed by atoms with Crippen molar-refractivity contribution >= 4 is 11.6 Å². The average molecular weight is 279 g/mol. The van der Waals surface area contributed by atoms with Gasteiger partial charge in [-0.15, -0.1) is 0 Å². The van der Waals surface area contributed by atoms with Crippen LogP contribution in [0.25, 0.3) is 0 Å². The Morgan fingerprint density at radius 3 is 2.60 bits per heavy atom. The van der Waals surface area contributed by atoms with Crippen LogP contribution in [0.1, 0.15) is 31.2 Å². The number of aryl methyl sites for hydroxylation is 1. The summed E-state index contributed by atoms with van der Waals surface area (Å²) in [5.41, 5.74) is 8.17. The Bertz CT molecular complexity index is 476. The van der Waals surface area contributed by atoms with E-state index in [1.807, 2.05) is 20.8 Å². The van der Waals surface area contributed by atoms with Crippen molar-refractivity contribution in [1.29, 1.82) is 0 Å². The van der Waals surface area contributed by atoms with Crippen LogP contribution in [-0.2, 0) is 11.3 Å². The van der Waals surface area contributed by atoms with Gasteiger partial charge in [0, 0.05) is 12.6 Å². The first kappa shape index (κ1) is 14.8. The maximum absolute atomic E-state index is 12.0. The minimum Gasteiger partial charge on any atom is -0.396 e. The second-order valence-electron chi connectivity index (χ2n) is 5.72. The van der Waals surface area contributed by atoms with Gasteiger partial charge < -0.3 is 16.0 Å². The first-order valence-electron chi connectivity index (χ1n) is 7.28. The zero-order chi connectivity index (χ0) is 14.7. The van der Waals surface area contributed by atoms with Gasteiger partial charge >= 0.3 is 0 Å². The monoisotopic (exact) mass is 279 g/mol. The summed E-state index contributed by atoms with van der Waals surface area (Å²) in [6.45, 7) is 9.23. The number of nitrogens with one attached hydrogen (secondary N) is 1. The average Bonchev–Trinajstić information content (AvgIpc) is 2.95. The Kier molecular flexibility index (Phi) is 4.65. The van der Waals surface area contributed by atoms with Crippen molar-refractivity contribution in [1.82, 2.24) is 20.0 Å². The summed E-state index contributed by atoms with van der Waals surface area (Å²) in [5, 5.41) is 7.31. The topological polar surface area (TPSA) is 76.2 Å². The molecule has 112 valence electrons. The molecule has 6 heteroatoms. The molecule has 1 amide bonds. The van der Waals surface area contributed by atoms with Crippen LogP contribution in [0, 0.1) is 13.8 Å². The van der Waals surface area contributed by atoms with E-state index in [-0.39, 0.29) is 18.5 Å². The van der Waals surface area contributed by atoms with E-state index in [1.54, 1.807) is 4.68 Å². The molecule has 1 atom stereocenters. The van der Waals surface area contributed by atoms with Gasteiger partial charge in [-0.2, -0.15) is 5.10 Å². The summed E-state index contributed by atoms with van der Waals surface area (Å²) in [5.74, 6) is -0.0118. The summed E-state index contributed by atoms with van der Waals surface area (Å²) in [6, 6.07) is 0.162. The summed E-state index contributed by atoms with van der Waals surface area (Å²) in [7, 11) is 0. The van der Waals surface area contributed by atoms with Gasteiger partial charge in [0.1, 0.15) is 6.54 Å². The lowest BCUT2D eigenvalue weighted by Gasteiger charge is -2.21. The highest BCUT2D eigenvalue weighted by atomic mass is 16.2. The van der Waals surface area contributed by atoms with Crippen LogP contribution >= 0.6 is 0 Å². The van der Waals surface area contributed by atoms with Crippen LogP contribution < -0.4 is 11.1 Å². The lowest BCUT2D eigenvalue weighted by atomic mass is 10.3. The molecule has 2 rings (SSSR count). The van der Waals surface area contributed by atoms with Crippen LogP contribution in [0.2, 0.25) is 0 Å². The third-order valence-electron chi connectivity index (χ3n) is 3.87. The molecule has 1 unspecified atom stereocenters. The predicted octanol–water partition coefficient (Wildman–Crippen LogP) is 0.683. The highest BCUT2D eigenvalue weighted by Crippen LogP contribution is 2.14. The van der Waals surface area contributed by atoms with Crippen molar-refractivity contribution in [3.05, 3.63) is 11.4 Å². The number of carbonyl (C=O) groups is 1. The molecule has 0 spiro atoms. The first-order valence-corrected chi connectivity index (χ1v) is 7.28. The summed E-state index contributed by atoms with van der Waals surface area (Å²) in [6.07, 6.45) is 2.54. The SMILES string of the molecule is Cc1nn(CC(=O)NC(C)CN2CCCC2)c(C)c1N. The van der Waals surface area contributed by atoms with Gasteiger partial charge in [0.25, 0.3) is 0 Å². The molecule has 1 aromatic heterocycles. The lowest BCUT2D eigenvalue weighted by Crippen LogP contribution is -2.42. The Morgan fingerprint density at radius 1 is 1.40 bits per heavy atom. The Labute approximate surface area is 120 Å². The predicted molar refractivity (Wildman–Crippen MR) is 79.4 cm³/mol. The van der Waals surface area contributed by atoms with E-state index in [2.05, 4.69) is 15.3 Å². The molecule has 1 fully saturated rings. The van der Waals surface area contributed by atoms with E-state index in [1.165, 1.54) is 12.8 Å². The highest BCUT2D eigenvalue weighted by molar-refractivity contribution is 5.76. The summed E-state index contributed by atoms with van der Waals surface area (Å²) < 4.78 is 1.67. The molecule has 0 aliphatic carbocycles. The molecule has 1 aliphatic rings. The van der Waals surface area contributed by atoms with E-state index in [0.29, 0.717) is 5.69 Å². The van der Waals surface area contributed by atoms with Gasteiger partial charge in [-0.25, -0.2) is 0 Å². The number of aromatic nitrogens is 2. The highest BCUT2D eigenvalue weighted by Gasteiger charge is 2.17. The normalized spacial score (nSPS) is 17.4. The zero-order valence-corrected chi connectivity index (χ0v) is 12.6. The number of hydrogen-bond donors (Lipinski definition) is 2.